The van der Waals surface area contributed by atoms with E-state index >= 15 is 0 Å². The Hall–Kier alpha value is -3.24. The first-order valence-corrected chi connectivity index (χ1v) is 11.2. The van der Waals surface area contributed by atoms with E-state index in [0.717, 1.165) is 12.1 Å². The molecule has 10 nitrogen and oxygen atoms in total. The van der Waals surface area contributed by atoms with Gasteiger partial charge in [0, 0.05) is 30.9 Å². The lowest BCUT2D eigenvalue weighted by molar-refractivity contribution is 0.324. The Morgan fingerprint density at radius 3 is 1.91 bits per heavy atom. The molecule has 0 saturated heterocycles. The monoisotopic (exact) mass is 479 g/mol. The van der Waals surface area contributed by atoms with Crippen molar-refractivity contribution in [1.82, 2.24) is 4.98 Å². The lowest BCUT2D eigenvalue weighted by atomic mass is 10.2. The number of nitrogens with two attached hydrogens (primary N) is 3. The number of ether oxygens (including phenoxy) is 3. The standard InChI is InChI=1S/C16H21N5O3.C4H11N.C3H8.CH5N/c1-18-16-11(5-6-14(17)21-16)20-9-19-10-7-12(22-2)15(24-4)13(8-10)23-3;1-3-4(2)5;1-3-2;1-2/h5-9H,1-4H3,(H,19,20)(H3,17,18,21);4H,3,5H2,1-2H3;3H2,1-2H3;2H2,1H3. The molecule has 1 aromatic carbocycles. The normalized spacial score (nSPS) is 10.3. The molecule has 0 spiro atoms. The molecule has 1 unspecified atom stereocenters. The molecule has 1 aromatic heterocycles. The van der Waals surface area contributed by atoms with E-state index in [1.807, 2.05) is 6.92 Å². The minimum atomic E-state index is 0.384. The van der Waals surface area contributed by atoms with Gasteiger partial charge in [-0.05, 0) is 32.5 Å². The van der Waals surface area contributed by atoms with Crippen molar-refractivity contribution in [1.29, 1.82) is 0 Å². The van der Waals surface area contributed by atoms with Gasteiger partial charge in [0.05, 0.1) is 27.7 Å². The second-order valence-corrected chi connectivity index (χ2v) is 6.76. The maximum Gasteiger partial charge on any atom is 0.203 e. The molecule has 8 N–H and O–H groups in total. The number of anilines is 3. The highest BCUT2D eigenvalue weighted by atomic mass is 16.5. The van der Waals surface area contributed by atoms with E-state index < -0.39 is 0 Å². The number of aromatic nitrogens is 1. The molecule has 1 heterocycles. The van der Waals surface area contributed by atoms with E-state index in [4.69, 9.17) is 25.7 Å². The number of hydrogen-bond acceptors (Lipinski definition) is 9. The van der Waals surface area contributed by atoms with Gasteiger partial charge >= 0.3 is 0 Å². The summed E-state index contributed by atoms with van der Waals surface area (Å²) < 4.78 is 15.9. The lowest BCUT2D eigenvalue weighted by Crippen LogP contribution is -2.11. The average molecular weight is 480 g/mol. The van der Waals surface area contributed by atoms with E-state index in [9.17, 15) is 0 Å². The Morgan fingerprint density at radius 1 is 1.03 bits per heavy atom. The summed E-state index contributed by atoms with van der Waals surface area (Å²) in [6, 6.07) is 7.42. The van der Waals surface area contributed by atoms with Crippen molar-refractivity contribution in [2.45, 2.75) is 46.6 Å². The summed E-state index contributed by atoms with van der Waals surface area (Å²) in [6.45, 7) is 8.32. The van der Waals surface area contributed by atoms with Gasteiger partial charge in [0.15, 0.2) is 17.3 Å². The highest BCUT2D eigenvalue weighted by Crippen LogP contribution is 2.39. The molecule has 2 rings (SSSR count). The average Bonchev–Trinajstić information content (AvgIpc) is 2.86. The summed E-state index contributed by atoms with van der Waals surface area (Å²) >= 11 is 0. The number of hydrogen-bond donors (Lipinski definition) is 5. The lowest BCUT2D eigenvalue weighted by Gasteiger charge is -2.13. The highest BCUT2D eigenvalue weighted by molar-refractivity contribution is 5.81. The quantitative estimate of drug-likeness (QED) is 0.276. The fourth-order valence-corrected chi connectivity index (χ4v) is 2.10. The molecule has 2 aromatic rings. The Labute approximate surface area is 205 Å². The summed E-state index contributed by atoms with van der Waals surface area (Å²) in [7, 11) is 7.94. The van der Waals surface area contributed by atoms with Gasteiger partial charge in [0.1, 0.15) is 11.5 Å². The zero-order valence-corrected chi connectivity index (χ0v) is 22.2. The van der Waals surface area contributed by atoms with Crippen LogP contribution >= 0.6 is 0 Å². The van der Waals surface area contributed by atoms with Crippen LogP contribution in [0.4, 0.5) is 23.0 Å². The van der Waals surface area contributed by atoms with Crippen LogP contribution in [0.5, 0.6) is 17.2 Å². The van der Waals surface area contributed by atoms with Crippen LogP contribution in [0.1, 0.15) is 40.5 Å². The minimum absolute atomic E-state index is 0.384. The van der Waals surface area contributed by atoms with Crippen LogP contribution in [0.15, 0.2) is 29.3 Å². The van der Waals surface area contributed by atoms with Crippen molar-refractivity contribution < 1.29 is 14.2 Å². The molecule has 0 amide bonds. The summed E-state index contributed by atoms with van der Waals surface area (Å²) in [5.41, 5.74) is 16.8. The molecule has 0 bridgehead atoms. The smallest absolute Gasteiger partial charge is 0.203 e. The number of rotatable bonds is 8. The van der Waals surface area contributed by atoms with Gasteiger partial charge in [-0.1, -0.05) is 27.2 Å². The van der Waals surface area contributed by atoms with E-state index in [-0.39, 0.29) is 0 Å². The van der Waals surface area contributed by atoms with Crippen LogP contribution in [0.3, 0.4) is 0 Å². The van der Waals surface area contributed by atoms with Crippen LogP contribution in [-0.4, -0.2) is 52.8 Å². The Kier molecular flexibility index (Phi) is 19.7. The van der Waals surface area contributed by atoms with E-state index in [2.05, 4.69) is 47.1 Å². The summed E-state index contributed by atoms with van der Waals surface area (Å²) in [5.74, 6) is 2.66. The molecule has 34 heavy (non-hydrogen) atoms. The SMILES string of the molecule is CCC.CCC(C)N.CN.CNc1nc(N)ccc1N=CNc1cc(OC)c(OC)c(OC)c1. The van der Waals surface area contributed by atoms with Gasteiger partial charge in [-0.2, -0.15) is 0 Å². The number of aliphatic imine (C=N–C) groups is 1. The summed E-state index contributed by atoms with van der Waals surface area (Å²) in [6.07, 6.45) is 3.88. The molecular formula is C24H45N7O3. The molecule has 0 saturated carbocycles. The third-order valence-electron chi connectivity index (χ3n) is 3.88. The molecule has 194 valence electrons. The van der Waals surface area contributed by atoms with Crippen LogP contribution in [-0.2, 0) is 0 Å². The number of methoxy groups -OCH3 is 3. The van der Waals surface area contributed by atoms with Crippen LogP contribution in [0.2, 0.25) is 0 Å². The highest BCUT2D eigenvalue weighted by Gasteiger charge is 2.12. The van der Waals surface area contributed by atoms with Crippen molar-refractivity contribution >= 4 is 29.3 Å². The molecule has 0 fully saturated rings. The molecule has 10 heteroatoms. The second kappa shape index (κ2) is 20.4. The van der Waals surface area contributed by atoms with Gasteiger partial charge in [0.25, 0.3) is 0 Å². The zero-order chi connectivity index (χ0) is 26.5. The van der Waals surface area contributed by atoms with E-state index in [1.54, 1.807) is 59.0 Å². The predicted octanol–water partition coefficient (Wildman–Crippen LogP) is 4.24. The number of nitrogens with zero attached hydrogens (tertiary/aromatic N) is 2. The van der Waals surface area contributed by atoms with E-state index in [1.165, 1.54) is 13.5 Å². The second-order valence-electron chi connectivity index (χ2n) is 6.76. The van der Waals surface area contributed by atoms with Crippen molar-refractivity contribution in [3.63, 3.8) is 0 Å². The molecule has 0 aliphatic carbocycles. The first-order valence-electron chi connectivity index (χ1n) is 11.2. The topological polar surface area (TPSA) is 155 Å². The maximum absolute atomic E-state index is 5.66. The Bertz CT molecular complexity index is 790. The minimum Gasteiger partial charge on any atom is -0.493 e. The zero-order valence-electron chi connectivity index (χ0n) is 22.2. The maximum atomic E-state index is 5.66. The van der Waals surface area contributed by atoms with Crippen LogP contribution < -0.4 is 42.0 Å². The van der Waals surface area contributed by atoms with Gasteiger partial charge in [-0.15, -0.1) is 0 Å². The van der Waals surface area contributed by atoms with Gasteiger partial charge in [-0.3, -0.25) is 0 Å². The number of nitrogens with one attached hydrogen (secondary N) is 2. The van der Waals surface area contributed by atoms with Gasteiger partial charge in [-0.25, -0.2) is 9.98 Å². The molecule has 1 atom stereocenters. The van der Waals surface area contributed by atoms with E-state index in [0.29, 0.717) is 40.6 Å². The molecule has 0 aliphatic heterocycles. The first-order chi connectivity index (χ1) is 16.3. The van der Waals surface area contributed by atoms with Gasteiger partial charge in [0.2, 0.25) is 5.75 Å². The summed E-state index contributed by atoms with van der Waals surface area (Å²) in [4.78, 5) is 8.50. The molecular weight excluding hydrogens is 434 g/mol. The Morgan fingerprint density at radius 2 is 1.53 bits per heavy atom. The Balaban J connectivity index is 0. The first kappa shape index (κ1) is 32.9. The fourth-order valence-electron chi connectivity index (χ4n) is 2.10. The van der Waals surface area contributed by atoms with Crippen molar-refractivity contribution in [2.75, 3.05) is 51.8 Å². The van der Waals surface area contributed by atoms with Crippen LogP contribution in [0, 0.1) is 0 Å². The van der Waals surface area contributed by atoms with Gasteiger partial charge < -0.3 is 42.0 Å². The van der Waals surface area contributed by atoms with Crippen molar-refractivity contribution in [2.24, 2.45) is 16.5 Å². The van der Waals surface area contributed by atoms with Crippen molar-refractivity contribution in [3.8, 4) is 17.2 Å². The fraction of sp³-hybridized carbons (Fsp3) is 0.500. The summed E-state index contributed by atoms with van der Waals surface area (Å²) in [5, 5.41) is 6.01. The predicted molar refractivity (Wildman–Crippen MR) is 146 cm³/mol. The largest absolute Gasteiger partial charge is 0.493 e. The molecule has 0 aliphatic rings. The third kappa shape index (κ3) is 12.7. The number of pyridine rings is 1. The van der Waals surface area contributed by atoms with Crippen molar-refractivity contribution in [3.05, 3.63) is 24.3 Å². The van der Waals surface area contributed by atoms with Crippen LogP contribution in [0.25, 0.3) is 0 Å². The number of benzene rings is 1. The number of nitrogen functional groups attached to an aromatic ring is 1. The molecule has 0 radical (unpaired) electrons. The third-order valence-corrected chi connectivity index (χ3v) is 3.88.